The first-order chi connectivity index (χ1) is 17.6. The lowest BCUT2D eigenvalue weighted by Gasteiger charge is -2.22. The largest absolute Gasteiger partial charge is 0.480 e. The zero-order valence-corrected chi connectivity index (χ0v) is 19.1. The number of nitrogen functional groups attached to an aromatic ring is 1. The van der Waals surface area contributed by atoms with Crippen LogP contribution in [0.25, 0.3) is 22.5 Å². The van der Waals surface area contributed by atoms with Gasteiger partial charge in [0.05, 0.1) is 11.4 Å². The molecular formula is C25H21F3N6O3. The Hall–Kier alpha value is -4.58. The van der Waals surface area contributed by atoms with Crippen LogP contribution >= 0.6 is 0 Å². The smallest absolute Gasteiger partial charge is 0.429 e. The van der Waals surface area contributed by atoms with E-state index < -0.39 is 24.3 Å². The number of nitrogens with zero attached hydrogens (tertiary/aromatic N) is 4. The van der Waals surface area contributed by atoms with Gasteiger partial charge in [0, 0.05) is 29.0 Å². The minimum absolute atomic E-state index is 0.110. The fourth-order valence-electron chi connectivity index (χ4n) is 3.54. The van der Waals surface area contributed by atoms with Crippen molar-refractivity contribution in [3.63, 3.8) is 0 Å². The molecule has 0 saturated carbocycles. The van der Waals surface area contributed by atoms with Gasteiger partial charge in [-0.3, -0.25) is 4.79 Å². The molecule has 1 unspecified atom stereocenters. The fraction of sp³-hybridized carbons (Fsp3) is 0.160. The van der Waals surface area contributed by atoms with Gasteiger partial charge in [-0.05, 0) is 18.1 Å². The van der Waals surface area contributed by atoms with Crippen LogP contribution in [0.4, 0.5) is 19.1 Å². The molecular weight excluding hydrogens is 489 g/mol. The summed E-state index contributed by atoms with van der Waals surface area (Å²) >= 11 is 0. The topological polar surface area (TPSA) is 150 Å². The number of rotatable bonds is 8. The molecule has 2 atom stereocenters. The number of carboxylic acids is 1. The second kappa shape index (κ2) is 10.6. The number of aromatic nitrogens is 4. The number of hydrogen-bond acceptors (Lipinski definition) is 8. The maximum absolute atomic E-state index is 14.0. The Kier molecular flexibility index (Phi) is 7.30. The lowest BCUT2D eigenvalue weighted by molar-refractivity contribution is -0.198. The van der Waals surface area contributed by atoms with Crippen molar-refractivity contribution in [1.29, 1.82) is 0 Å². The summed E-state index contributed by atoms with van der Waals surface area (Å²) in [6.07, 6.45) is -4.07. The van der Waals surface area contributed by atoms with E-state index in [-0.39, 0.29) is 29.5 Å². The molecule has 0 spiro atoms. The minimum Gasteiger partial charge on any atom is -0.480 e. The Bertz CT molecular complexity index is 1370. The highest BCUT2D eigenvalue weighted by Crippen LogP contribution is 2.37. The fourth-order valence-corrected chi connectivity index (χ4v) is 3.54. The summed E-state index contributed by atoms with van der Waals surface area (Å²) in [5.74, 6) is -1.76. The van der Waals surface area contributed by atoms with Crippen molar-refractivity contribution >= 4 is 11.9 Å². The number of aliphatic carboxylic acids is 1. The van der Waals surface area contributed by atoms with Crippen LogP contribution in [0.5, 0.6) is 5.88 Å². The van der Waals surface area contributed by atoms with Crippen molar-refractivity contribution in [3.05, 3.63) is 84.3 Å². The lowest BCUT2D eigenvalue weighted by Crippen LogP contribution is -2.32. The van der Waals surface area contributed by atoms with E-state index in [2.05, 4.69) is 19.9 Å². The number of nitrogens with two attached hydrogens (primary N) is 2. The van der Waals surface area contributed by atoms with Crippen LogP contribution in [-0.2, 0) is 11.2 Å². The van der Waals surface area contributed by atoms with Gasteiger partial charge in [0.2, 0.25) is 17.9 Å². The molecule has 0 fully saturated rings. The molecule has 2 aromatic heterocycles. The second-order valence-electron chi connectivity index (χ2n) is 8.05. The van der Waals surface area contributed by atoms with Crippen molar-refractivity contribution in [2.24, 2.45) is 5.73 Å². The van der Waals surface area contributed by atoms with E-state index in [1.807, 2.05) is 0 Å². The van der Waals surface area contributed by atoms with E-state index in [0.29, 0.717) is 22.4 Å². The summed E-state index contributed by atoms with van der Waals surface area (Å²) in [7, 11) is 0. The van der Waals surface area contributed by atoms with Gasteiger partial charge in [-0.15, -0.1) is 0 Å². The normalized spacial score (nSPS) is 13.1. The summed E-state index contributed by atoms with van der Waals surface area (Å²) in [5, 5.41) is 8.96. The Morgan fingerprint density at radius 2 is 1.62 bits per heavy atom. The van der Waals surface area contributed by atoms with E-state index in [1.54, 1.807) is 30.3 Å². The van der Waals surface area contributed by atoms with Crippen molar-refractivity contribution in [1.82, 2.24) is 19.9 Å². The van der Waals surface area contributed by atoms with Gasteiger partial charge < -0.3 is 21.3 Å². The van der Waals surface area contributed by atoms with E-state index >= 15 is 0 Å². The van der Waals surface area contributed by atoms with Gasteiger partial charge in [-0.1, -0.05) is 48.5 Å². The summed E-state index contributed by atoms with van der Waals surface area (Å²) < 4.78 is 47.2. The molecule has 0 aliphatic heterocycles. The van der Waals surface area contributed by atoms with Crippen molar-refractivity contribution in [2.75, 3.05) is 5.73 Å². The first kappa shape index (κ1) is 25.5. The Morgan fingerprint density at radius 3 is 2.22 bits per heavy atom. The summed E-state index contributed by atoms with van der Waals surface area (Å²) in [6, 6.07) is 14.0. The first-order valence-electron chi connectivity index (χ1n) is 10.9. The second-order valence-corrected chi connectivity index (χ2v) is 8.05. The molecule has 4 rings (SSSR count). The minimum atomic E-state index is -4.75. The van der Waals surface area contributed by atoms with Crippen LogP contribution in [0.2, 0.25) is 0 Å². The predicted molar refractivity (Wildman–Crippen MR) is 128 cm³/mol. The number of halogens is 3. The van der Waals surface area contributed by atoms with Gasteiger partial charge in [0.25, 0.3) is 0 Å². The molecule has 0 aliphatic rings. The van der Waals surface area contributed by atoms with E-state index in [1.165, 1.54) is 42.9 Å². The molecule has 190 valence electrons. The van der Waals surface area contributed by atoms with Crippen LogP contribution in [0.15, 0.2) is 73.2 Å². The van der Waals surface area contributed by atoms with Crippen molar-refractivity contribution in [3.8, 4) is 28.4 Å². The van der Waals surface area contributed by atoms with Gasteiger partial charge in [-0.25, -0.2) is 15.0 Å². The number of alkyl halides is 3. The molecule has 0 aliphatic carbocycles. The molecule has 0 radical (unpaired) electrons. The summed E-state index contributed by atoms with van der Waals surface area (Å²) in [6.45, 7) is 0. The van der Waals surface area contributed by atoms with E-state index in [0.717, 1.165) is 0 Å². The highest BCUT2D eigenvalue weighted by Gasteiger charge is 2.43. The maximum atomic E-state index is 14.0. The zero-order chi connectivity index (χ0) is 26.6. The zero-order valence-electron chi connectivity index (χ0n) is 19.1. The van der Waals surface area contributed by atoms with Crippen LogP contribution in [-0.4, -0.2) is 43.2 Å². The molecule has 12 heteroatoms. The average molecular weight is 510 g/mol. The monoisotopic (exact) mass is 510 g/mol. The van der Waals surface area contributed by atoms with E-state index in [9.17, 15) is 18.0 Å². The van der Waals surface area contributed by atoms with Gasteiger partial charge >= 0.3 is 12.1 Å². The number of anilines is 1. The third-order valence-electron chi connectivity index (χ3n) is 5.37. The van der Waals surface area contributed by atoms with Gasteiger partial charge in [-0.2, -0.15) is 18.2 Å². The Labute approximate surface area is 209 Å². The number of carboxylic acid groups (broad SMARTS) is 1. The van der Waals surface area contributed by atoms with Gasteiger partial charge in [0.15, 0.2) is 0 Å². The van der Waals surface area contributed by atoms with Crippen LogP contribution in [0.3, 0.4) is 0 Å². The average Bonchev–Trinajstić information content (AvgIpc) is 2.87. The predicted octanol–water partition coefficient (Wildman–Crippen LogP) is 3.82. The quantitative estimate of drug-likeness (QED) is 0.321. The molecule has 0 saturated heterocycles. The number of benzene rings is 2. The number of hydrogen-bond donors (Lipinski definition) is 3. The first-order valence-corrected chi connectivity index (χ1v) is 10.9. The summed E-state index contributed by atoms with van der Waals surface area (Å²) in [5.41, 5.74) is 13.8. The van der Waals surface area contributed by atoms with Crippen molar-refractivity contribution in [2.45, 2.75) is 24.7 Å². The maximum Gasteiger partial charge on any atom is 0.429 e. The molecule has 2 heterocycles. The van der Waals surface area contributed by atoms with Crippen LogP contribution in [0, 0.1) is 0 Å². The third kappa shape index (κ3) is 6.35. The molecule has 2 aromatic carbocycles. The van der Waals surface area contributed by atoms with Crippen LogP contribution < -0.4 is 16.2 Å². The lowest BCUT2D eigenvalue weighted by atomic mass is 10.0. The standard InChI is InChI=1S/C25H21F3N6O3/c26-25(27,28)22(17-7-5-15(6-8-17)19-9-10-31-13-32-19)37-21-12-20(33-24(30)34-21)16-3-1-14(2-4-16)11-18(29)23(35)36/h1-10,12-13,18,22H,11,29H2,(H,35,36)(H2,30,33,34)/t18-,22?/m0/s1. The Balaban J connectivity index is 1.58. The van der Waals surface area contributed by atoms with E-state index in [4.69, 9.17) is 21.3 Å². The van der Waals surface area contributed by atoms with Crippen molar-refractivity contribution < 1.29 is 27.8 Å². The van der Waals surface area contributed by atoms with Crippen LogP contribution in [0.1, 0.15) is 17.2 Å². The van der Waals surface area contributed by atoms with Gasteiger partial charge in [0.1, 0.15) is 12.4 Å². The number of ether oxygens (including phenoxy) is 1. The summed E-state index contributed by atoms with van der Waals surface area (Å²) in [4.78, 5) is 26.8. The highest BCUT2D eigenvalue weighted by atomic mass is 19.4. The third-order valence-corrected chi connectivity index (χ3v) is 5.37. The SMILES string of the molecule is Nc1nc(OC(c2ccc(-c3ccncn3)cc2)C(F)(F)F)cc(-c2ccc(C[C@H](N)C(=O)O)cc2)n1. The molecule has 4 aromatic rings. The highest BCUT2D eigenvalue weighted by molar-refractivity contribution is 5.73. The Morgan fingerprint density at radius 1 is 0.973 bits per heavy atom. The molecule has 9 nitrogen and oxygen atoms in total. The molecule has 0 bridgehead atoms. The molecule has 0 amide bonds. The molecule has 5 N–H and O–H groups in total. The number of carbonyl (C=O) groups is 1. The molecule has 37 heavy (non-hydrogen) atoms.